The zero-order valence-electron chi connectivity index (χ0n) is 83.5. The number of aliphatic imine (C=N–C) groups is 1. The number of phosphoric ester groups is 6. The van der Waals surface area contributed by atoms with Gasteiger partial charge in [-0.25, -0.2) is 48.5 Å². The van der Waals surface area contributed by atoms with E-state index >= 15 is 0 Å². The third-order valence-corrected chi connectivity index (χ3v) is 30.5. The number of aliphatic carboxylic acids is 1. The van der Waals surface area contributed by atoms with Crippen LogP contribution in [-0.2, 0) is 132 Å². The number of carbonyl (C=O) groups is 11. The second-order valence-electron chi connectivity index (χ2n) is 33.8. The summed E-state index contributed by atoms with van der Waals surface area (Å²) < 4.78 is 122. The predicted molar refractivity (Wildman–Crippen MR) is 527 cm³/mol. The molecule has 5 amide bonds. The number of carboxylic acid groups (broad SMARTS) is 1. The average molecular weight is 2340 g/mol. The number of aryl methyl sites for hydroxylation is 2. The predicted octanol–water partition coefficient (Wildman–Crippen LogP) is -2.30. The van der Waals surface area contributed by atoms with Crippen molar-refractivity contribution in [2.45, 2.75) is 223 Å². The smallest absolute Gasteiger partial charge is 0.274 e. The number of ether oxygens (including phenoxy) is 2. The lowest BCUT2D eigenvalue weighted by molar-refractivity contribution is -0.349. The van der Waals surface area contributed by atoms with Crippen molar-refractivity contribution in [1.82, 2.24) is 75.6 Å². The van der Waals surface area contributed by atoms with Gasteiger partial charge in [-0.1, -0.05) is 59.7 Å². The zero-order chi connectivity index (χ0) is 114. The van der Waals surface area contributed by atoms with Crippen molar-refractivity contribution < 1.29 is 190 Å². The normalized spacial score (nSPS) is 21.1. The first-order valence-corrected chi connectivity index (χ1v) is 57.7. The number of Topliss-reactive ketones (excluding diaryl/α,β-unsaturated/α-hetero) is 4. The first-order chi connectivity index (χ1) is 68.6. The molecule has 2 saturated heterocycles. The topological polar surface area (TPSA) is 908 Å². The Labute approximate surface area is 882 Å². The van der Waals surface area contributed by atoms with Gasteiger partial charge in [-0.2, -0.15) is 25.3 Å². The van der Waals surface area contributed by atoms with Gasteiger partial charge in [0.05, 0.1) is 81.5 Å². The maximum absolute atomic E-state index is 12.5. The molecule has 0 radical (unpaired) electrons. The summed E-state index contributed by atoms with van der Waals surface area (Å²) in [7, 11) is -35.2. The monoisotopic (exact) mass is 2340 g/mol. The van der Waals surface area contributed by atoms with E-state index in [2.05, 4.69) is 132 Å². The summed E-state index contributed by atoms with van der Waals surface area (Å²) in [5.74, 6) is -2.43. The minimum absolute atomic E-state index is 0.0233. The Morgan fingerprint density at radius 3 is 1.35 bits per heavy atom. The summed E-state index contributed by atoms with van der Waals surface area (Å²) in [4.78, 5) is 254. The van der Waals surface area contributed by atoms with Crippen LogP contribution in [0.2, 0.25) is 0 Å². The molecule has 840 valence electrons. The van der Waals surface area contributed by atoms with E-state index in [1.54, 1.807) is 56.2 Å². The number of thioether (sulfide) groups is 2. The molecule has 0 bridgehead atoms. The third-order valence-electron chi connectivity index (χ3n) is 20.2. The Morgan fingerprint density at radius 2 is 1.04 bits per heavy atom. The summed E-state index contributed by atoms with van der Waals surface area (Å²) in [6.45, 7) is 22.9. The van der Waals surface area contributed by atoms with Gasteiger partial charge in [-0.15, -0.1) is 34.4 Å². The number of anilines is 2. The molecule has 2 fully saturated rings. The number of imidazole rings is 2. The number of aromatic nitrogens is 10. The molecule has 3 aliphatic heterocycles. The molecule has 0 saturated carbocycles. The number of carboxylic acids is 1. The fraction of sp³-hybridized carbons (Fsp3) is 0.620. The summed E-state index contributed by atoms with van der Waals surface area (Å²) in [6.07, 6.45) is -8.46. The van der Waals surface area contributed by atoms with Crippen molar-refractivity contribution in [1.29, 1.82) is 0 Å². The number of amides is 5. The Kier molecular flexibility index (Phi) is 55.6. The standard InChI is InChI=1S/C24H40N7O17P3S.C24H42N7O16P3.C9H11NOS.C6H11NO2S.C6H9NOS.C6H7NOS.C4H8O2S/c1-13(32)52-8-7-26-15(33)5-6-27-22(36)19(35)23(2,3)10-45-51(42,43)48-50(40,41)44-9-14-17(47-49(37,38)39)18(34)24(4,46-14)31-12-30-16-20(25)28-11-29-21(16)31;1-5-6-8-26-15(32)7-9-27-22(35)19(34)23(2,3)11-44-50(41,42)47-49(39,40)43-10-14-17(46-48(36,37)38)18(33)24(4,45-14)31-13-30-16-20(25)28-12-29-21(16)31;1-6(7(2)11)4-9-5-12-8(3)10-9;1-4(8)6(3-10)7-5(2)9;2*1-4(8)6-3-9-5(2)7-6;1-3(2-7)4(5)6/h11-12,14,17-19,34-35H,5-10H2,1-4H3,(H,26,33)(H,27,36)(H,40,41)(H,42,43)(H2,25,28,29)(H2,37,38,39);12-14,17-19,33-34H,5-11H2,1-4H3,(H,26,32)(H,27,35)(H,39,40)(H,41,42)(H2,25,28,29)(H2,36,37,38);4-5H,1-3H3;6,10H,3H2,1-2H3,(H,7,9);6H,3H2,1-2H3;3H,1-2H3;3,7H,2H2,1H3,(H,5,6)/p-9/b;;6-4+;;;;/t;;;6-;;;3-/m...0..0/s1. The number of thiazole rings is 2. The summed E-state index contributed by atoms with van der Waals surface area (Å²) in [5, 5.41) is 71.5. The first kappa shape index (κ1) is 136. The van der Waals surface area contributed by atoms with Gasteiger partial charge in [0.15, 0.2) is 62.6 Å². The van der Waals surface area contributed by atoms with Crippen LogP contribution in [0.3, 0.4) is 0 Å². The second-order valence-corrected chi connectivity index (χ2v) is 47.3. The molecule has 0 aromatic carbocycles. The van der Waals surface area contributed by atoms with Crippen LogP contribution >= 0.6 is 118 Å². The van der Waals surface area contributed by atoms with Crippen LogP contribution in [0.25, 0.3) is 28.4 Å². The summed E-state index contributed by atoms with van der Waals surface area (Å²) in [6, 6.07) is -0.476. The number of nitrogens with two attached hydrogens (primary N) is 2. The molecule has 9 rings (SSSR count). The number of hydrogen-bond acceptors (Lipinski definition) is 57. The van der Waals surface area contributed by atoms with E-state index in [0.29, 0.717) is 29.5 Å². The van der Waals surface area contributed by atoms with Crippen molar-refractivity contribution in [2.75, 3.05) is 87.1 Å². The lowest BCUT2D eigenvalue weighted by Crippen LogP contribution is -2.46. The van der Waals surface area contributed by atoms with Crippen LogP contribution in [0.1, 0.15) is 163 Å². The molecule has 70 heteroatoms. The Hall–Kier alpha value is -7.56. The number of nitrogens with one attached hydrogen (secondary N) is 5. The number of phosphoric acid groups is 6. The van der Waals surface area contributed by atoms with Gasteiger partial charge in [0.1, 0.15) is 84.3 Å². The number of fused-ring (bicyclic) bond motifs is 2. The molecule has 149 heavy (non-hydrogen) atoms. The Morgan fingerprint density at radius 1 is 0.617 bits per heavy atom. The van der Waals surface area contributed by atoms with E-state index in [9.17, 15) is 145 Å². The lowest BCUT2D eigenvalue weighted by atomic mass is 9.87. The van der Waals surface area contributed by atoms with E-state index in [4.69, 9.17) is 20.9 Å². The fourth-order valence-corrected chi connectivity index (χ4v) is 20.4. The van der Waals surface area contributed by atoms with Gasteiger partial charge in [-0.3, -0.25) is 80.3 Å². The van der Waals surface area contributed by atoms with Gasteiger partial charge >= 0.3 is 0 Å². The van der Waals surface area contributed by atoms with Gasteiger partial charge in [-0.05, 0) is 86.1 Å². The zero-order valence-corrected chi connectivity index (χ0v) is 93.9. The van der Waals surface area contributed by atoms with Crippen LogP contribution in [0.15, 0.2) is 46.6 Å². The number of hydrogen-bond donors (Lipinski definition) is 13. The first-order valence-electron chi connectivity index (χ1n) is 43.9. The van der Waals surface area contributed by atoms with Crippen LogP contribution in [-0.4, -0.2) is 275 Å². The van der Waals surface area contributed by atoms with Gasteiger partial charge < -0.3 is 153 Å². The molecular weight excluding hydrogens is 2220 g/mol. The number of thiol groups is 2. The number of unbranched alkanes of at least 4 members (excludes halogenated alkanes) is 1. The highest BCUT2D eigenvalue weighted by atomic mass is 32.2. The second kappa shape index (κ2) is 61.1. The van der Waals surface area contributed by atoms with E-state index < -0.39 is 180 Å². The number of carbonyl (C=O) groups excluding carboxylic acids is 11. The summed E-state index contributed by atoms with van der Waals surface area (Å²) in [5.41, 5.74) is 6.33. The molecule has 13 N–H and O–H groups in total. The van der Waals surface area contributed by atoms with Crippen LogP contribution in [0.5, 0.6) is 0 Å². The van der Waals surface area contributed by atoms with E-state index in [1.807, 2.05) is 39.2 Å². The largest absolute Gasteiger partial charge is 0.790 e. The average Bonchev–Trinajstić information content (AvgIpc) is 1.58. The highest BCUT2D eigenvalue weighted by Gasteiger charge is 2.57. The molecule has 15 unspecified atom stereocenters. The Bertz CT molecular complexity index is 5940. The number of aliphatic hydroxyl groups is 4. The van der Waals surface area contributed by atoms with Gasteiger partial charge in [0.2, 0.25) is 29.5 Å². The molecule has 58 nitrogen and oxygen atoms in total. The van der Waals surface area contributed by atoms with Crippen molar-refractivity contribution >= 4 is 227 Å². The molecule has 3 aliphatic rings. The van der Waals surface area contributed by atoms with E-state index in [1.165, 1.54) is 80.6 Å². The number of ketones is 4. The van der Waals surface area contributed by atoms with Gasteiger partial charge in [0, 0.05) is 111 Å². The number of rotatable bonds is 47. The summed E-state index contributed by atoms with van der Waals surface area (Å²) >= 11 is 13.4. The van der Waals surface area contributed by atoms with Crippen LogP contribution in [0, 0.1) is 30.6 Å². The maximum Gasteiger partial charge on any atom is 0.274 e. The molecular formula is C79H119N18O40P6S6-9. The molecule has 17 atom stereocenters. The maximum atomic E-state index is 12.5. The molecule has 0 spiro atoms. The number of aliphatic hydroxyl groups excluding tert-OH is 4. The number of nitrogen functional groups attached to an aromatic ring is 2. The van der Waals surface area contributed by atoms with E-state index in [0.717, 1.165) is 91.1 Å². The molecule has 6 aromatic heterocycles. The van der Waals surface area contributed by atoms with Crippen molar-refractivity contribution in [3.63, 3.8) is 0 Å². The van der Waals surface area contributed by atoms with E-state index in [-0.39, 0.29) is 113 Å². The third kappa shape index (κ3) is 46.9. The van der Waals surface area contributed by atoms with Crippen LogP contribution in [0.4, 0.5) is 11.6 Å². The highest BCUT2D eigenvalue weighted by molar-refractivity contribution is 8.14. The Balaban J connectivity index is 0.000000530. The number of nitrogens with zero attached hydrogens (tertiary/aromatic N) is 11. The van der Waals surface area contributed by atoms with Crippen molar-refractivity contribution in [2.24, 2.45) is 21.7 Å². The minimum atomic E-state index is -5.92. The number of allylic oxidation sites excluding steroid dienone is 1. The van der Waals surface area contributed by atoms with Crippen molar-refractivity contribution in [3.8, 4) is 0 Å². The van der Waals surface area contributed by atoms with Crippen LogP contribution < -0.4 is 82.3 Å². The molecule has 9 heterocycles. The minimum Gasteiger partial charge on any atom is -0.790 e. The molecule has 0 aliphatic carbocycles. The highest BCUT2D eigenvalue weighted by Crippen LogP contribution is 2.59. The van der Waals surface area contributed by atoms with Gasteiger partial charge in [0.25, 0.3) is 31.3 Å². The van der Waals surface area contributed by atoms with Crippen molar-refractivity contribution in [3.05, 3.63) is 63.0 Å². The SMILES string of the molecule is CC(=O)/C(C)=C/c1csc(C)n1.CC(=O)C1CSC(C)=N1.CC(=O)N[C@@H](CS)C(C)=O.CC(=O)SCCNC(=O)CCNC(=O)C(O)C(C)(C)COP(=O)([O-])OP(=O)([O-])OCC1OC(C)(n2cnc3c(N)ncnc32)C(O)C1OP(=O)([O-])[O-].CC(=O)c1csc(C)n1.CCCCNC(=O)CCNC(=O)C(O)C(C)(C)COP(=O)([O-])OP(=O)([O-])OCC1OC(C)(n2cnc3c(N)ncnc32)C(O)C1OP(=O)([O-])[O-].C[C@@H](CS)C(=O)[O-]. The quantitative estimate of drug-likeness (QED) is 0.00628. The molecule has 6 aromatic rings. The lowest BCUT2D eigenvalue weighted by Gasteiger charge is -2.36. The fourth-order valence-electron chi connectivity index (χ4n) is 11.8.